The van der Waals surface area contributed by atoms with E-state index in [-0.39, 0.29) is 12.1 Å². The molecule has 3 rings (SSSR count). The van der Waals surface area contributed by atoms with Gasteiger partial charge in [0.25, 0.3) is 0 Å². The topological polar surface area (TPSA) is 26.3 Å². The van der Waals surface area contributed by atoms with E-state index in [0.717, 1.165) is 0 Å². The van der Waals surface area contributed by atoms with Crippen LogP contribution in [-0.4, -0.2) is 12.1 Å². The van der Waals surface area contributed by atoms with Gasteiger partial charge in [-0.2, -0.15) is 0 Å². The van der Waals surface area contributed by atoms with Crippen LogP contribution in [0.2, 0.25) is 0 Å². The van der Waals surface area contributed by atoms with Crippen molar-refractivity contribution >= 4 is 5.97 Å². The Morgan fingerprint density at radius 2 is 2.07 bits per heavy atom. The average Bonchev–Trinajstić information content (AvgIpc) is 2.89. The highest BCUT2D eigenvalue weighted by atomic mass is 16.5. The zero-order chi connectivity index (χ0) is 10.4. The summed E-state index contributed by atoms with van der Waals surface area (Å²) in [6, 6.07) is 0. The molecule has 0 aromatic carbocycles. The van der Waals surface area contributed by atoms with Crippen molar-refractivity contribution < 1.29 is 9.53 Å². The molecule has 0 saturated heterocycles. The van der Waals surface area contributed by atoms with Crippen LogP contribution in [0.3, 0.4) is 0 Å². The van der Waals surface area contributed by atoms with Crippen molar-refractivity contribution in [3.8, 4) is 0 Å². The summed E-state index contributed by atoms with van der Waals surface area (Å²) in [4.78, 5) is 11.2. The average molecular weight is 202 g/mol. The molecule has 0 amide bonds. The molecule has 0 aromatic heterocycles. The van der Waals surface area contributed by atoms with Gasteiger partial charge in [-0.3, -0.25) is 0 Å². The Kier molecular flexibility index (Phi) is 1.84. The third-order valence-electron chi connectivity index (χ3n) is 3.90. The van der Waals surface area contributed by atoms with Gasteiger partial charge < -0.3 is 4.74 Å². The van der Waals surface area contributed by atoms with E-state index in [1.807, 2.05) is 6.08 Å². The van der Waals surface area contributed by atoms with Crippen molar-refractivity contribution in [1.82, 2.24) is 0 Å². The molecule has 0 heterocycles. The van der Waals surface area contributed by atoms with Crippen LogP contribution in [-0.2, 0) is 9.53 Å². The van der Waals surface area contributed by atoms with E-state index in [9.17, 15) is 4.79 Å². The predicted molar refractivity (Wildman–Crippen MR) is 56.9 cm³/mol. The van der Waals surface area contributed by atoms with Crippen molar-refractivity contribution in [2.75, 3.05) is 0 Å². The minimum atomic E-state index is -0.308. The monoisotopic (exact) mass is 202 g/mol. The van der Waals surface area contributed by atoms with Gasteiger partial charge in [0.2, 0.25) is 0 Å². The van der Waals surface area contributed by atoms with Crippen molar-refractivity contribution in [1.29, 1.82) is 0 Å². The first-order valence-electron chi connectivity index (χ1n) is 5.49. The van der Waals surface area contributed by atoms with Crippen LogP contribution in [0.4, 0.5) is 0 Å². The summed E-state index contributed by atoms with van der Waals surface area (Å²) in [6.07, 6.45) is 11.3. The van der Waals surface area contributed by atoms with Crippen LogP contribution in [0.5, 0.6) is 0 Å². The molecule has 0 radical (unpaired) electrons. The fourth-order valence-corrected chi connectivity index (χ4v) is 3.30. The summed E-state index contributed by atoms with van der Waals surface area (Å²) in [5.41, 5.74) is 0. The van der Waals surface area contributed by atoms with Gasteiger partial charge in [0.05, 0.1) is 0 Å². The van der Waals surface area contributed by atoms with Gasteiger partial charge in [0.1, 0.15) is 6.10 Å². The Hall–Kier alpha value is -1.31. The third-order valence-corrected chi connectivity index (χ3v) is 3.90. The van der Waals surface area contributed by atoms with E-state index in [4.69, 9.17) is 4.74 Å². The molecular weight excluding hydrogens is 188 g/mol. The maximum absolute atomic E-state index is 11.2. The molecule has 5 unspecified atom stereocenters. The summed E-state index contributed by atoms with van der Waals surface area (Å²) < 4.78 is 5.35. The first-order valence-corrected chi connectivity index (χ1v) is 5.49. The van der Waals surface area contributed by atoms with E-state index < -0.39 is 0 Å². The van der Waals surface area contributed by atoms with Crippen molar-refractivity contribution in [3.63, 3.8) is 0 Å². The molecule has 0 aromatic rings. The minimum absolute atomic E-state index is 0.0274. The van der Waals surface area contributed by atoms with Crippen molar-refractivity contribution in [3.05, 3.63) is 37.0 Å². The molecule has 78 valence electrons. The lowest BCUT2D eigenvalue weighted by Crippen LogP contribution is -2.28. The number of hydrogen-bond donors (Lipinski definition) is 0. The minimum Gasteiger partial charge on any atom is -0.455 e. The van der Waals surface area contributed by atoms with Crippen LogP contribution in [0, 0.1) is 23.7 Å². The normalized spacial score (nSPS) is 44.4. The maximum atomic E-state index is 11.2. The van der Waals surface area contributed by atoms with Gasteiger partial charge in [-0.25, -0.2) is 4.79 Å². The Labute approximate surface area is 89.3 Å². The number of hydrogen-bond acceptors (Lipinski definition) is 2. The smallest absolute Gasteiger partial charge is 0.330 e. The van der Waals surface area contributed by atoms with E-state index in [0.29, 0.717) is 23.7 Å². The lowest BCUT2D eigenvalue weighted by molar-refractivity contribution is -0.143. The predicted octanol–water partition coefficient (Wildman–Crippen LogP) is 2.09. The number of carbonyl (C=O) groups is 1. The molecule has 2 bridgehead atoms. The number of rotatable bonds is 2. The fourth-order valence-electron chi connectivity index (χ4n) is 3.30. The number of esters is 1. The zero-order valence-electron chi connectivity index (χ0n) is 8.50. The standard InChI is InChI=1S/C13H14O2/c1-2-12(14)15-11-6-5-10-8-3-4-9(7-8)13(10)11/h2-6,8-11,13H,1,7H2. The molecule has 3 aliphatic rings. The van der Waals surface area contributed by atoms with Gasteiger partial charge in [0, 0.05) is 12.0 Å². The number of fused-ring (bicyclic) bond motifs is 5. The lowest BCUT2D eigenvalue weighted by Gasteiger charge is -2.25. The lowest BCUT2D eigenvalue weighted by atomic mass is 9.84. The van der Waals surface area contributed by atoms with Gasteiger partial charge in [0.15, 0.2) is 0 Å². The van der Waals surface area contributed by atoms with Crippen molar-refractivity contribution in [2.24, 2.45) is 23.7 Å². The largest absolute Gasteiger partial charge is 0.455 e. The molecule has 1 fully saturated rings. The zero-order valence-corrected chi connectivity index (χ0v) is 8.50. The molecule has 3 aliphatic carbocycles. The molecule has 15 heavy (non-hydrogen) atoms. The SMILES string of the molecule is C=CC(=O)OC1C=CC2C3C=CC(C3)C12. The molecule has 1 saturated carbocycles. The van der Waals surface area contributed by atoms with Gasteiger partial charge in [-0.05, 0) is 30.3 Å². The summed E-state index contributed by atoms with van der Waals surface area (Å²) in [6.45, 7) is 3.42. The summed E-state index contributed by atoms with van der Waals surface area (Å²) in [5.74, 6) is 2.07. The summed E-state index contributed by atoms with van der Waals surface area (Å²) in [7, 11) is 0. The Morgan fingerprint density at radius 1 is 1.27 bits per heavy atom. The first kappa shape index (κ1) is 8.96. The second kappa shape index (κ2) is 3.09. The fraction of sp³-hybridized carbons (Fsp3) is 0.462. The van der Waals surface area contributed by atoms with Crippen LogP contribution < -0.4 is 0 Å². The van der Waals surface area contributed by atoms with E-state index >= 15 is 0 Å². The van der Waals surface area contributed by atoms with Crippen LogP contribution in [0.1, 0.15) is 6.42 Å². The summed E-state index contributed by atoms with van der Waals surface area (Å²) >= 11 is 0. The quantitative estimate of drug-likeness (QED) is 0.389. The molecule has 0 aliphatic heterocycles. The second-order valence-electron chi connectivity index (χ2n) is 4.59. The van der Waals surface area contributed by atoms with Gasteiger partial charge in [-0.15, -0.1) is 0 Å². The highest BCUT2D eigenvalue weighted by Gasteiger charge is 2.49. The Bertz CT molecular complexity index is 367. The molecule has 2 nitrogen and oxygen atoms in total. The Balaban J connectivity index is 1.78. The third kappa shape index (κ3) is 1.21. The highest BCUT2D eigenvalue weighted by Crippen LogP contribution is 2.53. The second-order valence-corrected chi connectivity index (χ2v) is 4.59. The Morgan fingerprint density at radius 3 is 2.87 bits per heavy atom. The maximum Gasteiger partial charge on any atom is 0.330 e. The van der Waals surface area contributed by atoms with E-state index in [1.54, 1.807) is 0 Å². The number of ether oxygens (including phenoxy) is 1. The van der Waals surface area contributed by atoms with E-state index in [2.05, 4.69) is 24.8 Å². The molecule has 2 heteroatoms. The van der Waals surface area contributed by atoms with Crippen LogP contribution in [0.15, 0.2) is 37.0 Å². The van der Waals surface area contributed by atoms with Crippen LogP contribution in [0.25, 0.3) is 0 Å². The first-order chi connectivity index (χ1) is 7.29. The van der Waals surface area contributed by atoms with E-state index in [1.165, 1.54) is 12.5 Å². The number of carbonyl (C=O) groups excluding carboxylic acids is 1. The summed E-state index contributed by atoms with van der Waals surface area (Å²) in [5, 5.41) is 0. The molecular formula is C13H14O2. The van der Waals surface area contributed by atoms with Gasteiger partial charge in [-0.1, -0.05) is 24.8 Å². The molecule has 5 atom stereocenters. The molecule has 0 spiro atoms. The number of allylic oxidation sites excluding steroid dienone is 3. The molecule has 0 N–H and O–H groups in total. The van der Waals surface area contributed by atoms with Crippen molar-refractivity contribution in [2.45, 2.75) is 12.5 Å². The van der Waals surface area contributed by atoms with Gasteiger partial charge >= 0.3 is 5.97 Å². The highest BCUT2D eigenvalue weighted by molar-refractivity contribution is 5.81. The van der Waals surface area contributed by atoms with Crippen LogP contribution >= 0.6 is 0 Å².